The van der Waals surface area contributed by atoms with E-state index in [0.717, 1.165) is 11.9 Å². The van der Waals surface area contributed by atoms with Crippen molar-refractivity contribution in [3.8, 4) is 5.75 Å². The van der Waals surface area contributed by atoms with Crippen molar-refractivity contribution in [3.05, 3.63) is 17.9 Å². The van der Waals surface area contributed by atoms with Gasteiger partial charge in [-0.25, -0.2) is 4.39 Å². The van der Waals surface area contributed by atoms with Gasteiger partial charge in [0.15, 0.2) is 11.6 Å². The SMILES string of the molecule is CCOc1c(F)ccc2c(NC3CN4CCC3CC4)noc12. The van der Waals surface area contributed by atoms with Gasteiger partial charge in [-0.1, -0.05) is 5.16 Å². The summed E-state index contributed by atoms with van der Waals surface area (Å²) in [6.45, 7) is 5.64. The largest absolute Gasteiger partial charge is 0.487 e. The van der Waals surface area contributed by atoms with E-state index in [1.165, 1.54) is 32.0 Å². The third-order valence-corrected chi connectivity index (χ3v) is 4.81. The molecule has 0 radical (unpaired) electrons. The number of fused-ring (bicyclic) bond motifs is 4. The molecule has 5 nitrogen and oxygen atoms in total. The molecule has 22 heavy (non-hydrogen) atoms. The van der Waals surface area contributed by atoms with Crippen LogP contribution in [0.2, 0.25) is 0 Å². The first-order chi connectivity index (χ1) is 10.8. The van der Waals surface area contributed by atoms with E-state index >= 15 is 0 Å². The fraction of sp³-hybridized carbons (Fsp3) is 0.562. The summed E-state index contributed by atoms with van der Waals surface area (Å²) < 4.78 is 24.6. The molecule has 1 unspecified atom stereocenters. The zero-order valence-electron chi connectivity index (χ0n) is 12.6. The fourth-order valence-electron chi connectivity index (χ4n) is 3.64. The summed E-state index contributed by atoms with van der Waals surface area (Å²) in [7, 11) is 0. The molecule has 6 heteroatoms. The number of halogens is 1. The molecule has 118 valence electrons. The number of anilines is 1. The number of benzene rings is 1. The van der Waals surface area contributed by atoms with E-state index in [-0.39, 0.29) is 5.75 Å². The number of rotatable bonds is 4. The molecule has 2 bridgehead atoms. The smallest absolute Gasteiger partial charge is 0.213 e. The lowest BCUT2D eigenvalue weighted by Gasteiger charge is -2.44. The molecule has 3 aliphatic heterocycles. The van der Waals surface area contributed by atoms with Crippen LogP contribution < -0.4 is 10.1 Å². The number of nitrogens with one attached hydrogen (secondary N) is 1. The zero-order chi connectivity index (χ0) is 15.1. The Morgan fingerprint density at radius 1 is 1.41 bits per heavy atom. The van der Waals surface area contributed by atoms with Crippen LogP contribution in [0.5, 0.6) is 5.75 Å². The molecule has 5 rings (SSSR count). The third-order valence-electron chi connectivity index (χ3n) is 4.81. The van der Waals surface area contributed by atoms with Crippen molar-refractivity contribution >= 4 is 16.8 Å². The second-order valence-electron chi connectivity index (χ2n) is 6.11. The summed E-state index contributed by atoms with van der Waals surface area (Å²) in [4.78, 5) is 2.48. The Bertz CT molecular complexity index is 679. The summed E-state index contributed by atoms with van der Waals surface area (Å²) in [5.74, 6) is 1.10. The molecular formula is C16H20FN3O2. The maximum absolute atomic E-state index is 13.9. The number of hydrogen-bond donors (Lipinski definition) is 1. The highest BCUT2D eigenvalue weighted by molar-refractivity contribution is 5.92. The molecule has 3 aliphatic rings. The van der Waals surface area contributed by atoms with Crippen molar-refractivity contribution in [1.82, 2.24) is 10.1 Å². The second kappa shape index (κ2) is 5.43. The van der Waals surface area contributed by atoms with Gasteiger partial charge in [0.2, 0.25) is 11.3 Å². The quantitative estimate of drug-likeness (QED) is 0.941. The van der Waals surface area contributed by atoms with E-state index in [0.29, 0.717) is 30.0 Å². The van der Waals surface area contributed by atoms with E-state index in [4.69, 9.17) is 9.26 Å². The van der Waals surface area contributed by atoms with E-state index in [9.17, 15) is 4.39 Å². The van der Waals surface area contributed by atoms with Crippen molar-refractivity contribution in [3.63, 3.8) is 0 Å². The van der Waals surface area contributed by atoms with E-state index < -0.39 is 5.82 Å². The first-order valence-corrected chi connectivity index (χ1v) is 7.96. The van der Waals surface area contributed by atoms with Crippen LogP contribution in [0.1, 0.15) is 19.8 Å². The minimum Gasteiger partial charge on any atom is -0.487 e. The van der Waals surface area contributed by atoms with Crippen LogP contribution in [0.3, 0.4) is 0 Å². The summed E-state index contributed by atoms with van der Waals surface area (Å²) in [6, 6.07) is 3.50. The average Bonchev–Trinajstić information content (AvgIpc) is 2.95. The van der Waals surface area contributed by atoms with Gasteiger partial charge in [-0.3, -0.25) is 0 Å². The topological polar surface area (TPSA) is 50.5 Å². The molecule has 3 fully saturated rings. The van der Waals surface area contributed by atoms with Gasteiger partial charge in [0, 0.05) is 12.6 Å². The summed E-state index contributed by atoms with van der Waals surface area (Å²) >= 11 is 0. The van der Waals surface area contributed by atoms with Crippen LogP contribution in [0.4, 0.5) is 10.2 Å². The lowest BCUT2D eigenvalue weighted by molar-refractivity contribution is 0.0973. The molecule has 0 spiro atoms. The molecule has 0 saturated carbocycles. The van der Waals surface area contributed by atoms with Crippen LogP contribution >= 0.6 is 0 Å². The van der Waals surface area contributed by atoms with Crippen molar-refractivity contribution in [2.45, 2.75) is 25.8 Å². The van der Waals surface area contributed by atoms with Gasteiger partial charge < -0.3 is 19.5 Å². The second-order valence-corrected chi connectivity index (χ2v) is 6.11. The van der Waals surface area contributed by atoms with Gasteiger partial charge in [0.05, 0.1) is 12.0 Å². The van der Waals surface area contributed by atoms with Gasteiger partial charge in [-0.05, 0) is 50.9 Å². The monoisotopic (exact) mass is 305 g/mol. The van der Waals surface area contributed by atoms with Gasteiger partial charge in [0.25, 0.3) is 0 Å². The number of hydrogen-bond acceptors (Lipinski definition) is 5. The molecule has 1 atom stereocenters. The normalized spacial score (nSPS) is 27.3. The molecular weight excluding hydrogens is 285 g/mol. The molecule has 1 N–H and O–H groups in total. The van der Waals surface area contributed by atoms with E-state index in [2.05, 4.69) is 15.4 Å². The number of aromatic nitrogens is 1. The number of nitrogens with zero attached hydrogens (tertiary/aromatic N) is 2. The van der Waals surface area contributed by atoms with Crippen LogP contribution in [-0.4, -0.2) is 42.3 Å². The third kappa shape index (κ3) is 2.22. The van der Waals surface area contributed by atoms with Crippen molar-refractivity contribution in [1.29, 1.82) is 0 Å². The highest BCUT2D eigenvalue weighted by atomic mass is 19.1. The van der Waals surface area contributed by atoms with Crippen LogP contribution in [-0.2, 0) is 0 Å². The summed E-state index contributed by atoms with van der Waals surface area (Å²) in [6.07, 6.45) is 2.46. The summed E-state index contributed by atoms with van der Waals surface area (Å²) in [5.41, 5.74) is 0.380. The van der Waals surface area contributed by atoms with Gasteiger partial charge >= 0.3 is 0 Å². The van der Waals surface area contributed by atoms with Crippen molar-refractivity contribution in [2.24, 2.45) is 5.92 Å². The average molecular weight is 305 g/mol. The first kappa shape index (κ1) is 13.8. The predicted octanol–water partition coefficient (Wildman–Crippen LogP) is 2.87. The molecule has 2 aromatic rings. The van der Waals surface area contributed by atoms with Crippen LogP contribution in [0.25, 0.3) is 11.0 Å². The first-order valence-electron chi connectivity index (χ1n) is 7.96. The molecule has 1 aromatic heterocycles. The van der Waals surface area contributed by atoms with Gasteiger partial charge in [-0.2, -0.15) is 0 Å². The molecule has 4 heterocycles. The van der Waals surface area contributed by atoms with Crippen LogP contribution in [0.15, 0.2) is 16.7 Å². The Balaban J connectivity index is 1.64. The number of ether oxygens (including phenoxy) is 1. The minimum atomic E-state index is -0.417. The summed E-state index contributed by atoms with van der Waals surface area (Å²) in [5, 5.41) is 8.38. The molecule has 1 aromatic carbocycles. The Kier molecular flexibility index (Phi) is 3.41. The molecule has 0 amide bonds. The predicted molar refractivity (Wildman–Crippen MR) is 81.7 cm³/mol. The molecule has 0 aliphatic carbocycles. The van der Waals surface area contributed by atoms with E-state index in [1.54, 1.807) is 6.07 Å². The van der Waals surface area contributed by atoms with Crippen molar-refractivity contribution < 1.29 is 13.7 Å². The standard InChI is InChI=1S/C16H20FN3O2/c1-2-21-15-12(17)4-3-11-14(15)22-19-16(11)18-13-9-20-7-5-10(13)6-8-20/h3-4,10,13H,2,5-9H2,1H3,(H,18,19). The lowest BCUT2D eigenvalue weighted by Crippen LogP contribution is -2.53. The Labute approximate surface area is 128 Å². The van der Waals surface area contributed by atoms with E-state index in [1.807, 2.05) is 6.92 Å². The highest BCUT2D eigenvalue weighted by Crippen LogP contribution is 2.35. The Morgan fingerprint density at radius 2 is 2.23 bits per heavy atom. The zero-order valence-corrected chi connectivity index (χ0v) is 12.6. The van der Waals surface area contributed by atoms with Gasteiger partial charge in [0.1, 0.15) is 0 Å². The Morgan fingerprint density at radius 3 is 2.91 bits per heavy atom. The maximum Gasteiger partial charge on any atom is 0.213 e. The van der Waals surface area contributed by atoms with Crippen LogP contribution in [0, 0.1) is 11.7 Å². The maximum atomic E-state index is 13.9. The minimum absolute atomic E-state index is 0.148. The fourth-order valence-corrected chi connectivity index (χ4v) is 3.64. The lowest BCUT2D eigenvalue weighted by atomic mass is 9.84. The highest BCUT2D eigenvalue weighted by Gasteiger charge is 2.34. The number of piperidine rings is 3. The Hall–Kier alpha value is -1.82. The van der Waals surface area contributed by atoms with Gasteiger partial charge in [-0.15, -0.1) is 0 Å². The molecule has 3 saturated heterocycles. The van der Waals surface area contributed by atoms with Crippen molar-refractivity contribution in [2.75, 3.05) is 31.6 Å².